The van der Waals surface area contributed by atoms with Crippen molar-refractivity contribution in [2.45, 2.75) is 53.2 Å². The zero-order valence-electron chi connectivity index (χ0n) is 19.5. The van der Waals surface area contributed by atoms with Gasteiger partial charge in [-0.2, -0.15) is 0 Å². The van der Waals surface area contributed by atoms with Crippen LogP contribution in [0.4, 0.5) is 5.69 Å². The van der Waals surface area contributed by atoms with E-state index in [2.05, 4.69) is 47.2 Å². The van der Waals surface area contributed by atoms with Gasteiger partial charge in [0, 0.05) is 25.7 Å². The number of anilines is 1. The Labute approximate surface area is 190 Å². The summed E-state index contributed by atoms with van der Waals surface area (Å²) in [6.07, 6.45) is 2.80. The topological polar surface area (TPSA) is 75.0 Å². The Kier molecular flexibility index (Phi) is 8.88. The van der Waals surface area contributed by atoms with Crippen LogP contribution in [0, 0.1) is 0 Å². The van der Waals surface area contributed by atoms with Crippen molar-refractivity contribution in [3.63, 3.8) is 0 Å². The maximum atomic E-state index is 12.8. The van der Waals surface area contributed by atoms with Gasteiger partial charge in [0.15, 0.2) is 0 Å². The number of para-hydroxylation sites is 1. The van der Waals surface area contributed by atoms with E-state index in [0.29, 0.717) is 18.8 Å². The van der Waals surface area contributed by atoms with Crippen molar-refractivity contribution in [1.82, 2.24) is 9.80 Å². The van der Waals surface area contributed by atoms with Crippen molar-refractivity contribution in [2.75, 3.05) is 38.0 Å². The lowest BCUT2D eigenvalue weighted by Crippen LogP contribution is -2.36. The molecule has 7 heteroatoms. The Morgan fingerprint density at radius 2 is 1.62 bits per heavy atom. The largest absolute Gasteiger partial charge is 0.461 e. The molecule has 1 saturated heterocycles. The van der Waals surface area contributed by atoms with Crippen LogP contribution in [0.1, 0.15) is 49.8 Å². The lowest BCUT2D eigenvalue weighted by atomic mass is 10.0. The van der Waals surface area contributed by atoms with Crippen LogP contribution >= 0.6 is 0 Å². The van der Waals surface area contributed by atoms with E-state index in [0.717, 1.165) is 56.9 Å². The number of rotatable bonds is 9. The summed E-state index contributed by atoms with van der Waals surface area (Å²) in [5.41, 5.74) is 3.36. The zero-order chi connectivity index (χ0) is 22.9. The van der Waals surface area contributed by atoms with Gasteiger partial charge in [-0.15, -0.1) is 0 Å². The lowest BCUT2D eigenvalue weighted by molar-refractivity contribution is -0.142. The van der Waals surface area contributed by atoms with Crippen LogP contribution in [0.2, 0.25) is 0 Å². The summed E-state index contributed by atoms with van der Waals surface area (Å²) < 4.78 is 10.8. The van der Waals surface area contributed by atoms with Crippen LogP contribution in [0.5, 0.6) is 0 Å². The second kappa shape index (κ2) is 11.8. The van der Waals surface area contributed by atoms with E-state index in [1.807, 2.05) is 12.1 Å². The molecule has 1 aromatic heterocycles. The van der Waals surface area contributed by atoms with Crippen molar-refractivity contribution in [1.29, 1.82) is 0 Å². The number of carbonyl (C=O) groups excluding carboxylic acids is 2. The third-order valence-corrected chi connectivity index (χ3v) is 5.83. The number of nitrogens with zero attached hydrogens (tertiary/aromatic N) is 2. The van der Waals surface area contributed by atoms with Gasteiger partial charge in [0.05, 0.1) is 13.1 Å². The van der Waals surface area contributed by atoms with Crippen LogP contribution < -0.4 is 5.32 Å². The molecule has 2 aromatic rings. The first-order valence-electron chi connectivity index (χ1n) is 11.5. The highest BCUT2D eigenvalue weighted by Crippen LogP contribution is 2.22. The summed E-state index contributed by atoms with van der Waals surface area (Å²) in [6.45, 7) is 10.5. The van der Waals surface area contributed by atoms with Gasteiger partial charge >= 0.3 is 5.97 Å². The van der Waals surface area contributed by atoms with Gasteiger partial charge in [0.1, 0.15) is 18.1 Å². The highest BCUT2D eigenvalue weighted by Gasteiger charge is 2.19. The Balaban J connectivity index is 1.49. The molecular formula is C25H35N3O4. The zero-order valence-corrected chi connectivity index (χ0v) is 19.5. The molecule has 7 nitrogen and oxygen atoms in total. The van der Waals surface area contributed by atoms with Crippen molar-refractivity contribution in [3.05, 3.63) is 53.0 Å². The van der Waals surface area contributed by atoms with Crippen molar-refractivity contribution < 1.29 is 18.7 Å². The molecule has 1 aliphatic heterocycles. The van der Waals surface area contributed by atoms with Crippen LogP contribution in [-0.2, 0) is 40.3 Å². The molecule has 1 aliphatic rings. The second-order valence-corrected chi connectivity index (χ2v) is 8.26. The Morgan fingerprint density at radius 3 is 2.31 bits per heavy atom. The number of hydrogen-bond acceptors (Lipinski definition) is 6. The van der Waals surface area contributed by atoms with E-state index in [4.69, 9.17) is 9.15 Å². The fraction of sp³-hybridized carbons (Fsp3) is 0.520. The molecule has 0 atom stereocenters. The summed E-state index contributed by atoms with van der Waals surface area (Å²) in [5.74, 6) is 1.25. The summed E-state index contributed by atoms with van der Waals surface area (Å²) in [5, 5.41) is 3.18. The normalized spacial score (nSPS) is 15.3. The first-order valence-corrected chi connectivity index (χ1v) is 11.5. The van der Waals surface area contributed by atoms with Crippen LogP contribution in [0.15, 0.2) is 34.7 Å². The quantitative estimate of drug-likeness (QED) is 0.599. The highest BCUT2D eigenvalue weighted by molar-refractivity contribution is 5.93. The molecule has 1 amide bonds. The third-order valence-electron chi connectivity index (χ3n) is 5.83. The van der Waals surface area contributed by atoms with Crippen LogP contribution in [0.25, 0.3) is 0 Å². The Bertz CT molecular complexity index is 886. The van der Waals surface area contributed by atoms with Gasteiger partial charge in [-0.25, -0.2) is 0 Å². The molecule has 0 radical (unpaired) electrons. The lowest BCUT2D eigenvalue weighted by Gasteiger charge is -2.21. The van der Waals surface area contributed by atoms with E-state index in [9.17, 15) is 9.59 Å². The fourth-order valence-corrected chi connectivity index (χ4v) is 4.10. The minimum atomic E-state index is -0.316. The first-order chi connectivity index (χ1) is 15.5. The minimum Gasteiger partial charge on any atom is -0.461 e. The molecule has 1 aromatic carbocycles. The number of ether oxygens (including phenoxy) is 1. The van der Waals surface area contributed by atoms with Gasteiger partial charge in [-0.1, -0.05) is 32.0 Å². The summed E-state index contributed by atoms with van der Waals surface area (Å²) in [6, 6.07) is 10.0. The molecule has 174 valence electrons. The molecule has 0 unspecified atom stereocenters. The number of amides is 1. The number of benzene rings is 1. The minimum absolute atomic E-state index is 0.0511. The van der Waals surface area contributed by atoms with Crippen LogP contribution in [-0.4, -0.2) is 54.4 Å². The van der Waals surface area contributed by atoms with Crippen molar-refractivity contribution in [3.8, 4) is 0 Å². The van der Waals surface area contributed by atoms with Crippen molar-refractivity contribution >= 4 is 17.6 Å². The summed E-state index contributed by atoms with van der Waals surface area (Å²) >= 11 is 0. The van der Waals surface area contributed by atoms with E-state index in [1.54, 1.807) is 0 Å². The summed E-state index contributed by atoms with van der Waals surface area (Å²) in [7, 11) is 0. The molecule has 2 heterocycles. The molecule has 3 rings (SSSR count). The maximum absolute atomic E-state index is 12.8. The summed E-state index contributed by atoms with van der Waals surface area (Å²) in [4.78, 5) is 28.3. The predicted molar refractivity (Wildman–Crippen MR) is 124 cm³/mol. The number of hydrogen-bond donors (Lipinski definition) is 1. The monoisotopic (exact) mass is 441 g/mol. The number of esters is 1. The molecule has 0 bridgehead atoms. The molecule has 32 heavy (non-hydrogen) atoms. The smallest absolute Gasteiger partial charge is 0.303 e. The molecular weight excluding hydrogens is 406 g/mol. The predicted octanol–water partition coefficient (Wildman–Crippen LogP) is 3.61. The third kappa shape index (κ3) is 6.93. The number of aryl methyl sites for hydroxylation is 2. The standard InChI is InChI=1S/C25H35N3O4/c1-4-20-8-6-9-21(5-2)25(20)26-24(30)17-28-13-7-12-27(14-15-28)16-22-10-11-23(32-22)18-31-19(3)29/h6,8-11H,4-5,7,12-18H2,1-3H3,(H,26,30). The average Bonchev–Trinajstić information content (AvgIpc) is 3.11. The highest BCUT2D eigenvalue weighted by atomic mass is 16.5. The van der Waals surface area contributed by atoms with E-state index >= 15 is 0 Å². The maximum Gasteiger partial charge on any atom is 0.303 e. The number of carbonyl (C=O) groups is 2. The number of nitrogens with one attached hydrogen (secondary N) is 1. The van der Waals surface area contributed by atoms with E-state index in [1.165, 1.54) is 18.1 Å². The average molecular weight is 442 g/mol. The van der Waals surface area contributed by atoms with Gasteiger partial charge in [0.2, 0.25) is 5.91 Å². The molecule has 0 spiro atoms. The SMILES string of the molecule is CCc1cccc(CC)c1NC(=O)CN1CCCN(Cc2ccc(COC(C)=O)o2)CC1. The molecule has 0 aliphatic carbocycles. The van der Waals surface area contributed by atoms with Gasteiger partial charge in [-0.3, -0.25) is 19.4 Å². The Hall–Kier alpha value is -2.64. The number of furan rings is 1. The molecule has 0 saturated carbocycles. The Morgan fingerprint density at radius 1 is 0.969 bits per heavy atom. The molecule has 1 N–H and O–H groups in total. The first kappa shape index (κ1) is 24.0. The van der Waals surface area contributed by atoms with Gasteiger partial charge in [-0.05, 0) is 55.6 Å². The van der Waals surface area contributed by atoms with Crippen LogP contribution in [0.3, 0.4) is 0 Å². The van der Waals surface area contributed by atoms with E-state index < -0.39 is 0 Å². The molecule has 1 fully saturated rings. The van der Waals surface area contributed by atoms with Gasteiger partial charge in [0.25, 0.3) is 0 Å². The van der Waals surface area contributed by atoms with E-state index in [-0.39, 0.29) is 18.5 Å². The van der Waals surface area contributed by atoms with Crippen molar-refractivity contribution in [2.24, 2.45) is 0 Å². The fourth-order valence-electron chi connectivity index (χ4n) is 4.10. The van der Waals surface area contributed by atoms with Gasteiger partial charge < -0.3 is 14.5 Å². The second-order valence-electron chi connectivity index (χ2n) is 8.26.